The molecular formula is C67H117NO8. The molecule has 0 rings (SSSR count). The molecule has 0 spiro atoms. The summed E-state index contributed by atoms with van der Waals surface area (Å²) in [6.45, 7) is 4.62. The summed E-state index contributed by atoms with van der Waals surface area (Å²) in [4.78, 5) is 37.3. The molecule has 0 radical (unpaired) electrons. The molecule has 0 aliphatic carbocycles. The summed E-state index contributed by atoms with van der Waals surface area (Å²) in [5.41, 5.74) is 0. The van der Waals surface area contributed by atoms with Crippen LogP contribution in [0.15, 0.2) is 85.1 Å². The van der Waals surface area contributed by atoms with Gasteiger partial charge in [0, 0.05) is 12.8 Å². The van der Waals surface area contributed by atoms with E-state index >= 15 is 0 Å². The Morgan fingerprint density at radius 3 is 1.12 bits per heavy atom. The zero-order chi connectivity index (χ0) is 55.5. The van der Waals surface area contributed by atoms with Gasteiger partial charge in [-0.2, -0.15) is 0 Å². The zero-order valence-corrected chi connectivity index (χ0v) is 49.9. The Morgan fingerprint density at radius 2 is 0.750 bits per heavy atom. The minimum atomic E-state index is -1.63. The summed E-state index contributed by atoms with van der Waals surface area (Å²) < 4.78 is 22.7. The molecule has 0 aliphatic rings. The van der Waals surface area contributed by atoms with E-state index in [1.807, 2.05) is 21.1 Å². The maximum absolute atomic E-state index is 12.9. The standard InChI is InChI=1S/C67H117NO8/c1-6-8-10-12-14-16-18-20-22-24-26-27-28-29-30-31-32-33-34-35-36-37-38-39-40-42-44-46-48-50-52-54-56-58-65(70)76-63(62-75-67(66(71)72)73-60-59-68(3,4)5)61-74-64(69)57-55-53-51-49-47-45-43-41-25-23-21-19-17-15-13-11-9-7-2/h8,10,14,16-17,19-20,22-23,25-27,29-30,63,67H,6-7,9,11-13,15,18,21,24,28,31-62H2,1-5H3/b10-8-,16-14-,19-17-,22-20-,25-23-,27-26-,30-29-. The second kappa shape index (κ2) is 57.6. The van der Waals surface area contributed by atoms with Gasteiger partial charge in [-0.15, -0.1) is 0 Å². The van der Waals surface area contributed by atoms with Gasteiger partial charge in [-0.25, -0.2) is 0 Å². The van der Waals surface area contributed by atoms with Crippen molar-refractivity contribution in [3.8, 4) is 0 Å². The third-order valence-electron chi connectivity index (χ3n) is 13.4. The number of allylic oxidation sites excluding steroid dienone is 14. The van der Waals surface area contributed by atoms with E-state index < -0.39 is 24.3 Å². The van der Waals surface area contributed by atoms with Crippen LogP contribution in [-0.4, -0.2) is 82.3 Å². The first-order chi connectivity index (χ1) is 37.1. The molecule has 0 aromatic heterocycles. The lowest BCUT2D eigenvalue weighted by atomic mass is 10.0. The average molecular weight is 1060 g/mol. The fourth-order valence-electron chi connectivity index (χ4n) is 8.59. The molecule has 0 heterocycles. The highest BCUT2D eigenvalue weighted by Crippen LogP contribution is 2.16. The van der Waals surface area contributed by atoms with Crippen LogP contribution < -0.4 is 5.11 Å². The Hall–Kier alpha value is -3.53. The van der Waals surface area contributed by atoms with Crippen molar-refractivity contribution >= 4 is 17.9 Å². The Bertz CT molecular complexity index is 1520. The molecule has 0 fully saturated rings. The highest BCUT2D eigenvalue weighted by atomic mass is 16.7. The number of likely N-dealkylation sites (N-methyl/N-ethyl adjacent to an activating group) is 1. The molecule has 0 saturated heterocycles. The molecule has 2 unspecified atom stereocenters. The normalized spacial score (nSPS) is 13.3. The van der Waals surface area contributed by atoms with Crippen LogP contribution in [-0.2, 0) is 33.3 Å². The molecule has 0 bridgehead atoms. The molecule has 0 amide bonds. The van der Waals surface area contributed by atoms with Crippen LogP contribution in [0, 0.1) is 0 Å². The summed E-state index contributed by atoms with van der Waals surface area (Å²) in [6.07, 6.45) is 73.6. The van der Waals surface area contributed by atoms with Crippen molar-refractivity contribution in [1.82, 2.24) is 0 Å². The zero-order valence-electron chi connectivity index (χ0n) is 49.9. The lowest BCUT2D eigenvalue weighted by Gasteiger charge is -2.26. The largest absolute Gasteiger partial charge is 0.545 e. The number of quaternary nitrogens is 1. The number of esters is 2. The number of ether oxygens (including phenoxy) is 4. The van der Waals surface area contributed by atoms with Crippen LogP contribution in [0.1, 0.15) is 264 Å². The molecule has 9 nitrogen and oxygen atoms in total. The number of rotatable bonds is 57. The van der Waals surface area contributed by atoms with E-state index in [-0.39, 0.29) is 38.6 Å². The fourth-order valence-corrected chi connectivity index (χ4v) is 8.59. The van der Waals surface area contributed by atoms with E-state index in [4.69, 9.17) is 18.9 Å². The van der Waals surface area contributed by atoms with Crippen LogP contribution in [0.5, 0.6) is 0 Å². The van der Waals surface area contributed by atoms with Gasteiger partial charge in [-0.3, -0.25) is 9.59 Å². The Balaban J connectivity index is 4.13. The summed E-state index contributed by atoms with van der Waals surface area (Å²) in [5.74, 6) is -2.29. The molecule has 0 aromatic carbocycles. The lowest BCUT2D eigenvalue weighted by molar-refractivity contribution is -0.870. The number of unbranched alkanes of at least 4 members (excludes halogenated alkanes) is 28. The third kappa shape index (κ3) is 58.2. The second-order valence-corrected chi connectivity index (χ2v) is 22.0. The highest BCUT2D eigenvalue weighted by molar-refractivity contribution is 5.70. The molecular weight excluding hydrogens is 947 g/mol. The van der Waals surface area contributed by atoms with Crippen molar-refractivity contribution in [2.75, 3.05) is 47.5 Å². The predicted octanol–water partition coefficient (Wildman–Crippen LogP) is 17.4. The number of nitrogens with zero attached hydrogens (tertiary/aromatic N) is 1. The first-order valence-electron chi connectivity index (χ1n) is 31.2. The molecule has 76 heavy (non-hydrogen) atoms. The van der Waals surface area contributed by atoms with E-state index in [0.717, 1.165) is 89.9 Å². The Kier molecular flexibility index (Phi) is 55.0. The maximum Gasteiger partial charge on any atom is 0.306 e. The number of hydrogen-bond acceptors (Lipinski definition) is 8. The minimum absolute atomic E-state index is 0.144. The summed E-state index contributed by atoms with van der Waals surface area (Å²) in [5, 5.41) is 11.8. The smallest absolute Gasteiger partial charge is 0.306 e. The van der Waals surface area contributed by atoms with Crippen molar-refractivity contribution in [2.24, 2.45) is 0 Å². The van der Waals surface area contributed by atoms with Gasteiger partial charge in [0.05, 0.1) is 40.3 Å². The average Bonchev–Trinajstić information content (AvgIpc) is 3.39. The minimum Gasteiger partial charge on any atom is -0.545 e. The summed E-state index contributed by atoms with van der Waals surface area (Å²) in [6, 6.07) is 0. The topological polar surface area (TPSA) is 111 Å². The number of carbonyl (C=O) groups is 3. The van der Waals surface area contributed by atoms with Gasteiger partial charge >= 0.3 is 11.9 Å². The van der Waals surface area contributed by atoms with Gasteiger partial charge in [0.2, 0.25) is 0 Å². The van der Waals surface area contributed by atoms with Gasteiger partial charge in [0.25, 0.3) is 0 Å². The van der Waals surface area contributed by atoms with E-state index in [1.165, 1.54) is 141 Å². The van der Waals surface area contributed by atoms with Crippen LogP contribution in [0.4, 0.5) is 0 Å². The highest BCUT2D eigenvalue weighted by Gasteiger charge is 2.22. The summed E-state index contributed by atoms with van der Waals surface area (Å²) in [7, 11) is 5.92. The van der Waals surface area contributed by atoms with Crippen LogP contribution >= 0.6 is 0 Å². The van der Waals surface area contributed by atoms with Crippen LogP contribution in [0.2, 0.25) is 0 Å². The van der Waals surface area contributed by atoms with E-state index in [0.29, 0.717) is 17.4 Å². The molecule has 2 atom stereocenters. The van der Waals surface area contributed by atoms with Crippen molar-refractivity contribution < 1.29 is 42.9 Å². The predicted molar refractivity (Wildman–Crippen MR) is 320 cm³/mol. The van der Waals surface area contributed by atoms with Crippen LogP contribution in [0.25, 0.3) is 0 Å². The van der Waals surface area contributed by atoms with Gasteiger partial charge < -0.3 is 33.3 Å². The first-order valence-corrected chi connectivity index (χ1v) is 31.2. The SMILES string of the molecule is CC/C=C\C/C=C\C/C=C\C/C=C\C/C=C\CCCCCCCCCCCCCCCCCCCC(=O)OC(COC(=O)CCCCCCCCC/C=C\C/C=C\CCCCCC)COC(OCC[N+](C)(C)C)C(=O)[O-]. The monoisotopic (exact) mass is 1060 g/mol. The van der Waals surface area contributed by atoms with Crippen molar-refractivity contribution in [3.63, 3.8) is 0 Å². The first kappa shape index (κ1) is 72.5. The van der Waals surface area contributed by atoms with Gasteiger partial charge in [-0.1, -0.05) is 247 Å². The number of carboxylic acids is 1. The van der Waals surface area contributed by atoms with Crippen LogP contribution in [0.3, 0.4) is 0 Å². The van der Waals surface area contributed by atoms with E-state index in [1.54, 1.807) is 0 Å². The molecule has 0 aliphatic heterocycles. The molecule has 0 N–H and O–H groups in total. The number of carboxylic acid groups (broad SMARTS) is 1. The number of aliphatic carboxylic acids is 1. The van der Waals surface area contributed by atoms with Gasteiger partial charge in [-0.05, 0) is 89.9 Å². The van der Waals surface area contributed by atoms with Crippen molar-refractivity contribution in [2.45, 2.75) is 277 Å². The van der Waals surface area contributed by atoms with E-state index in [2.05, 4.69) is 98.9 Å². The van der Waals surface area contributed by atoms with Gasteiger partial charge in [0.1, 0.15) is 13.2 Å². The lowest BCUT2D eigenvalue weighted by Crippen LogP contribution is -2.44. The fraction of sp³-hybridized carbons (Fsp3) is 0.746. The number of carbonyl (C=O) groups excluding carboxylic acids is 3. The van der Waals surface area contributed by atoms with E-state index in [9.17, 15) is 19.5 Å². The number of hydrogen-bond donors (Lipinski definition) is 0. The maximum atomic E-state index is 12.9. The summed E-state index contributed by atoms with van der Waals surface area (Å²) >= 11 is 0. The molecule has 9 heteroatoms. The molecule has 0 saturated carbocycles. The van der Waals surface area contributed by atoms with Crippen molar-refractivity contribution in [3.05, 3.63) is 85.1 Å². The molecule has 438 valence electrons. The van der Waals surface area contributed by atoms with Gasteiger partial charge in [0.15, 0.2) is 12.4 Å². The Morgan fingerprint density at radius 1 is 0.408 bits per heavy atom. The molecule has 0 aromatic rings. The second-order valence-electron chi connectivity index (χ2n) is 22.0. The quantitative estimate of drug-likeness (QED) is 0.0195. The van der Waals surface area contributed by atoms with Crippen molar-refractivity contribution in [1.29, 1.82) is 0 Å². The Labute approximate surface area is 468 Å². The third-order valence-corrected chi connectivity index (χ3v) is 13.4.